The Morgan fingerprint density at radius 1 is 1.38 bits per heavy atom. The summed E-state index contributed by atoms with van der Waals surface area (Å²) in [6.45, 7) is 6.95. The summed E-state index contributed by atoms with van der Waals surface area (Å²) in [5.74, 6) is 0.976. The molecule has 0 aliphatic heterocycles. The zero-order valence-electron chi connectivity index (χ0n) is 12.9. The lowest BCUT2D eigenvalue weighted by molar-refractivity contribution is -0.385. The molecule has 8 nitrogen and oxygen atoms in total. The van der Waals surface area contributed by atoms with Crippen molar-refractivity contribution in [2.45, 2.75) is 33.8 Å². The van der Waals surface area contributed by atoms with Crippen LogP contribution in [0.3, 0.4) is 0 Å². The van der Waals surface area contributed by atoms with E-state index < -0.39 is 4.92 Å². The number of anilines is 1. The molecule has 0 aliphatic rings. The molecule has 8 heteroatoms. The van der Waals surface area contributed by atoms with Crippen molar-refractivity contribution >= 4 is 11.5 Å². The summed E-state index contributed by atoms with van der Waals surface area (Å²) in [7, 11) is 1.51. The van der Waals surface area contributed by atoms with E-state index in [1.807, 2.05) is 0 Å². The second-order valence-electron chi connectivity index (χ2n) is 4.87. The molecule has 0 saturated carbocycles. The number of nitrogens with one attached hydrogen (secondary N) is 1. The maximum Gasteiger partial charge on any atom is 0.372 e. The van der Waals surface area contributed by atoms with E-state index in [1.54, 1.807) is 6.92 Å². The summed E-state index contributed by atoms with van der Waals surface area (Å²) in [4.78, 5) is 18.9. The van der Waals surface area contributed by atoms with Gasteiger partial charge in [0.25, 0.3) is 5.88 Å². The smallest absolute Gasteiger partial charge is 0.372 e. The molecule has 0 aromatic carbocycles. The van der Waals surface area contributed by atoms with Crippen LogP contribution in [0.5, 0.6) is 5.88 Å². The molecule has 21 heavy (non-hydrogen) atoms. The highest BCUT2D eigenvalue weighted by Gasteiger charge is 2.26. The van der Waals surface area contributed by atoms with E-state index in [4.69, 9.17) is 9.47 Å². The third kappa shape index (κ3) is 5.14. The van der Waals surface area contributed by atoms with Gasteiger partial charge >= 0.3 is 5.69 Å². The molecule has 0 radical (unpaired) electrons. The van der Waals surface area contributed by atoms with E-state index in [1.165, 1.54) is 7.11 Å². The SMILES string of the molecule is CCOc1nc(COC)nc(NCCC(C)C)c1[N+](=O)[O-]. The molecular formula is C13H22N4O4. The lowest BCUT2D eigenvalue weighted by Gasteiger charge is -2.11. The first-order chi connectivity index (χ1) is 9.99. The lowest BCUT2D eigenvalue weighted by atomic mass is 10.1. The summed E-state index contributed by atoms with van der Waals surface area (Å²) < 4.78 is 10.2. The van der Waals surface area contributed by atoms with Crippen LogP contribution in [0.4, 0.5) is 11.5 Å². The van der Waals surface area contributed by atoms with E-state index in [-0.39, 0.29) is 30.6 Å². The number of aromatic nitrogens is 2. The van der Waals surface area contributed by atoms with Gasteiger partial charge < -0.3 is 14.8 Å². The quantitative estimate of drug-likeness (QED) is 0.552. The van der Waals surface area contributed by atoms with Crippen LogP contribution in [0.15, 0.2) is 0 Å². The Labute approximate surface area is 124 Å². The van der Waals surface area contributed by atoms with Crippen molar-refractivity contribution in [2.75, 3.05) is 25.6 Å². The van der Waals surface area contributed by atoms with E-state index in [0.29, 0.717) is 18.3 Å². The van der Waals surface area contributed by atoms with Crippen LogP contribution in [-0.2, 0) is 11.3 Å². The summed E-state index contributed by atoms with van der Waals surface area (Å²) in [6, 6.07) is 0. The molecule has 1 heterocycles. The Morgan fingerprint density at radius 3 is 2.62 bits per heavy atom. The summed E-state index contributed by atoms with van der Waals surface area (Å²) in [5.41, 5.74) is -0.236. The molecule has 0 atom stereocenters. The highest BCUT2D eigenvalue weighted by atomic mass is 16.6. The van der Waals surface area contributed by atoms with Crippen molar-refractivity contribution in [1.29, 1.82) is 0 Å². The first-order valence-corrected chi connectivity index (χ1v) is 6.90. The third-order valence-corrected chi connectivity index (χ3v) is 2.65. The number of methoxy groups -OCH3 is 1. The van der Waals surface area contributed by atoms with Gasteiger partial charge in [0.1, 0.15) is 6.61 Å². The summed E-state index contributed by atoms with van der Waals surface area (Å²) in [5, 5.41) is 14.3. The second kappa shape index (κ2) is 8.35. The standard InChI is InChI=1S/C13H22N4O4/c1-5-21-13-11(17(18)19)12(14-7-6-9(2)3)15-10(16-13)8-20-4/h9H,5-8H2,1-4H3,(H,14,15,16). The highest BCUT2D eigenvalue weighted by molar-refractivity contribution is 5.61. The average Bonchev–Trinajstić information content (AvgIpc) is 2.38. The Hall–Kier alpha value is -1.96. The van der Waals surface area contributed by atoms with Gasteiger partial charge in [0.15, 0.2) is 5.82 Å². The number of nitro groups is 1. The van der Waals surface area contributed by atoms with Crippen LogP contribution in [0.2, 0.25) is 0 Å². The molecule has 0 aliphatic carbocycles. The molecule has 0 amide bonds. The first-order valence-electron chi connectivity index (χ1n) is 6.90. The van der Waals surface area contributed by atoms with Crippen molar-refractivity contribution in [3.63, 3.8) is 0 Å². The van der Waals surface area contributed by atoms with Gasteiger partial charge in [-0.1, -0.05) is 13.8 Å². The fourth-order valence-corrected chi connectivity index (χ4v) is 1.68. The Balaban J connectivity index is 3.11. The Bertz CT molecular complexity index is 479. The van der Waals surface area contributed by atoms with Crippen LogP contribution in [0.1, 0.15) is 33.0 Å². The predicted octanol–water partition coefficient (Wildman–Crippen LogP) is 2.39. The maximum absolute atomic E-state index is 11.3. The van der Waals surface area contributed by atoms with Crippen LogP contribution in [0, 0.1) is 16.0 Å². The molecule has 1 aromatic heterocycles. The van der Waals surface area contributed by atoms with Gasteiger partial charge in [-0.2, -0.15) is 4.98 Å². The van der Waals surface area contributed by atoms with Gasteiger partial charge in [0, 0.05) is 13.7 Å². The molecule has 0 unspecified atom stereocenters. The normalized spacial score (nSPS) is 10.7. The van der Waals surface area contributed by atoms with Crippen LogP contribution in [-0.4, -0.2) is 35.2 Å². The van der Waals surface area contributed by atoms with E-state index in [9.17, 15) is 10.1 Å². The number of ether oxygens (including phenoxy) is 2. The van der Waals surface area contributed by atoms with E-state index >= 15 is 0 Å². The fourth-order valence-electron chi connectivity index (χ4n) is 1.68. The average molecular weight is 298 g/mol. The summed E-state index contributed by atoms with van der Waals surface area (Å²) in [6.07, 6.45) is 0.880. The van der Waals surface area contributed by atoms with E-state index in [0.717, 1.165) is 6.42 Å². The molecule has 1 aromatic rings. The van der Waals surface area contributed by atoms with Crippen molar-refractivity contribution in [2.24, 2.45) is 5.92 Å². The molecule has 118 valence electrons. The number of hydrogen-bond acceptors (Lipinski definition) is 7. The minimum Gasteiger partial charge on any atom is -0.473 e. The molecule has 0 fully saturated rings. The predicted molar refractivity (Wildman–Crippen MR) is 78.5 cm³/mol. The third-order valence-electron chi connectivity index (χ3n) is 2.65. The maximum atomic E-state index is 11.3. The minimum absolute atomic E-state index is 0.0309. The molecule has 1 N–H and O–H groups in total. The Kier molecular flexibility index (Phi) is 6.80. The zero-order chi connectivity index (χ0) is 15.8. The van der Waals surface area contributed by atoms with Gasteiger partial charge in [-0.05, 0) is 19.3 Å². The van der Waals surface area contributed by atoms with Crippen molar-refractivity contribution in [1.82, 2.24) is 9.97 Å². The van der Waals surface area contributed by atoms with Crippen molar-refractivity contribution in [3.05, 3.63) is 15.9 Å². The zero-order valence-corrected chi connectivity index (χ0v) is 12.9. The number of hydrogen-bond donors (Lipinski definition) is 1. The second-order valence-corrected chi connectivity index (χ2v) is 4.87. The van der Waals surface area contributed by atoms with Crippen LogP contribution in [0.25, 0.3) is 0 Å². The van der Waals surface area contributed by atoms with Gasteiger partial charge in [-0.25, -0.2) is 4.98 Å². The molecular weight excluding hydrogens is 276 g/mol. The number of nitrogens with zero attached hydrogens (tertiary/aromatic N) is 3. The monoisotopic (exact) mass is 298 g/mol. The lowest BCUT2D eigenvalue weighted by Crippen LogP contribution is -2.13. The van der Waals surface area contributed by atoms with Crippen LogP contribution < -0.4 is 10.1 Å². The van der Waals surface area contributed by atoms with Gasteiger partial charge in [0.05, 0.1) is 11.5 Å². The van der Waals surface area contributed by atoms with Crippen molar-refractivity contribution in [3.8, 4) is 5.88 Å². The Morgan fingerprint density at radius 2 is 2.10 bits per heavy atom. The fraction of sp³-hybridized carbons (Fsp3) is 0.692. The van der Waals surface area contributed by atoms with Crippen LogP contribution >= 0.6 is 0 Å². The van der Waals surface area contributed by atoms with Gasteiger partial charge in [-0.15, -0.1) is 0 Å². The van der Waals surface area contributed by atoms with Crippen molar-refractivity contribution < 1.29 is 14.4 Å². The number of rotatable bonds is 9. The highest BCUT2D eigenvalue weighted by Crippen LogP contribution is 2.32. The summed E-state index contributed by atoms with van der Waals surface area (Å²) >= 11 is 0. The van der Waals surface area contributed by atoms with E-state index in [2.05, 4.69) is 29.1 Å². The first kappa shape index (κ1) is 17.1. The minimum atomic E-state index is -0.528. The van der Waals surface area contributed by atoms with Gasteiger partial charge in [-0.3, -0.25) is 10.1 Å². The topological polar surface area (TPSA) is 99.4 Å². The molecule has 1 rings (SSSR count). The molecule has 0 spiro atoms. The molecule has 0 saturated heterocycles. The van der Waals surface area contributed by atoms with Gasteiger partial charge in [0.2, 0.25) is 5.82 Å². The molecule has 0 bridgehead atoms. The largest absolute Gasteiger partial charge is 0.473 e.